The molecule has 0 fully saturated rings. The van der Waals surface area contributed by atoms with E-state index in [1.807, 2.05) is 6.07 Å². The molecule has 0 aromatic heterocycles. The number of phenols is 1. The Morgan fingerprint density at radius 2 is 1.86 bits per heavy atom. The Morgan fingerprint density at radius 1 is 1.14 bits per heavy atom. The van der Waals surface area contributed by atoms with Gasteiger partial charge in [0.05, 0.1) is 24.3 Å². The summed E-state index contributed by atoms with van der Waals surface area (Å²) in [6.07, 6.45) is -4.49. The molecule has 2 aromatic carbocycles. The van der Waals surface area contributed by atoms with Gasteiger partial charge in [-0.25, -0.2) is 0 Å². The first-order valence-electron chi connectivity index (χ1n) is 5.85. The van der Waals surface area contributed by atoms with E-state index >= 15 is 0 Å². The normalized spacial score (nSPS) is 11.0. The minimum atomic E-state index is -4.49. The van der Waals surface area contributed by atoms with Crippen molar-refractivity contribution in [1.82, 2.24) is 0 Å². The second-order valence-corrected chi connectivity index (χ2v) is 4.29. The van der Waals surface area contributed by atoms with Crippen molar-refractivity contribution in [3.63, 3.8) is 0 Å². The molecule has 0 saturated carbocycles. The molecule has 0 radical (unpaired) electrons. The molecule has 0 heterocycles. The number of nitrogens with zero attached hydrogens (tertiary/aromatic N) is 1. The summed E-state index contributed by atoms with van der Waals surface area (Å²) in [4.78, 5) is 0. The summed E-state index contributed by atoms with van der Waals surface area (Å²) in [6.45, 7) is 0. The van der Waals surface area contributed by atoms with Gasteiger partial charge in [-0.3, -0.25) is 0 Å². The minimum absolute atomic E-state index is 0.143. The molecule has 1 N–H and O–H groups in total. The summed E-state index contributed by atoms with van der Waals surface area (Å²) in [5.74, 6) is 0.0148. The summed E-state index contributed by atoms with van der Waals surface area (Å²) in [7, 11) is 1.33. The van der Waals surface area contributed by atoms with Crippen LogP contribution >= 0.6 is 0 Å². The number of benzene rings is 2. The fourth-order valence-electron chi connectivity index (χ4n) is 1.94. The van der Waals surface area contributed by atoms with Crippen LogP contribution in [0, 0.1) is 11.3 Å². The lowest BCUT2D eigenvalue weighted by Gasteiger charge is -2.13. The second kappa shape index (κ2) is 5.37. The van der Waals surface area contributed by atoms with Gasteiger partial charge in [-0.15, -0.1) is 0 Å². The quantitative estimate of drug-likeness (QED) is 0.911. The second-order valence-electron chi connectivity index (χ2n) is 4.29. The third-order valence-electron chi connectivity index (χ3n) is 2.88. The van der Waals surface area contributed by atoms with Gasteiger partial charge in [-0.1, -0.05) is 0 Å². The SMILES string of the molecule is COc1ccc(C(F)(F)F)cc1-c1cc(O)cc(C#N)c1. The number of hydrogen-bond donors (Lipinski definition) is 1. The lowest BCUT2D eigenvalue weighted by atomic mass is 9.99. The highest BCUT2D eigenvalue weighted by Gasteiger charge is 2.31. The smallest absolute Gasteiger partial charge is 0.416 e. The summed E-state index contributed by atoms with van der Waals surface area (Å²) in [5.41, 5.74) is -0.265. The molecule has 0 aliphatic carbocycles. The van der Waals surface area contributed by atoms with Crippen LogP contribution < -0.4 is 4.74 Å². The van der Waals surface area contributed by atoms with E-state index in [1.54, 1.807) is 0 Å². The van der Waals surface area contributed by atoms with Crippen LogP contribution in [0.4, 0.5) is 13.2 Å². The zero-order valence-electron chi connectivity index (χ0n) is 10.9. The van der Waals surface area contributed by atoms with Gasteiger partial charge < -0.3 is 9.84 Å². The average molecular weight is 293 g/mol. The van der Waals surface area contributed by atoms with Crippen molar-refractivity contribution in [3.8, 4) is 28.7 Å². The number of halogens is 3. The van der Waals surface area contributed by atoms with Crippen LogP contribution in [-0.2, 0) is 6.18 Å². The number of ether oxygens (including phenoxy) is 1. The van der Waals surface area contributed by atoms with Crippen molar-refractivity contribution in [2.75, 3.05) is 7.11 Å². The van der Waals surface area contributed by atoms with Crippen LogP contribution in [0.25, 0.3) is 11.1 Å². The van der Waals surface area contributed by atoms with Crippen LogP contribution in [0.2, 0.25) is 0 Å². The predicted molar refractivity (Wildman–Crippen MR) is 69.8 cm³/mol. The minimum Gasteiger partial charge on any atom is -0.508 e. The van der Waals surface area contributed by atoms with E-state index in [4.69, 9.17) is 10.00 Å². The van der Waals surface area contributed by atoms with Crippen LogP contribution in [-0.4, -0.2) is 12.2 Å². The first kappa shape index (κ1) is 14.7. The van der Waals surface area contributed by atoms with Crippen LogP contribution in [0.15, 0.2) is 36.4 Å². The van der Waals surface area contributed by atoms with E-state index in [2.05, 4.69) is 0 Å². The lowest BCUT2D eigenvalue weighted by molar-refractivity contribution is -0.137. The molecule has 0 amide bonds. The molecule has 6 heteroatoms. The van der Waals surface area contributed by atoms with E-state index in [0.717, 1.165) is 12.1 Å². The van der Waals surface area contributed by atoms with E-state index in [9.17, 15) is 18.3 Å². The molecule has 2 aromatic rings. The molecule has 0 aliphatic heterocycles. The third-order valence-corrected chi connectivity index (χ3v) is 2.88. The van der Waals surface area contributed by atoms with Crippen molar-refractivity contribution in [2.24, 2.45) is 0 Å². The Labute approximate surface area is 118 Å². The monoisotopic (exact) mass is 293 g/mol. The largest absolute Gasteiger partial charge is 0.508 e. The summed E-state index contributed by atoms with van der Waals surface area (Å²) in [6, 6.07) is 8.77. The van der Waals surface area contributed by atoms with Crippen molar-refractivity contribution < 1.29 is 23.0 Å². The Balaban J connectivity index is 2.67. The molecule has 0 unspecified atom stereocenters. The zero-order chi connectivity index (χ0) is 15.6. The number of nitriles is 1. The molecule has 0 atom stereocenters. The molecule has 0 saturated heterocycles. The highest BCUT2D eigenvalue weighted by molar-refractivity contribution is 5.73. The van der Waals surface area contributed by atoms with Crippen LogP contribution in [0.5, 0.6) is 11.5 Å². The molecule has 0 bridgehead atoms. The summed E-state index contributed by atoms with van der Waals surface area (Å²) < 4.78 is 43.5. The molecule has 0 spiro atoms. The Hall–Kier alpha value is -2.68. The highest BCUT2D eigenvalue weighted by atomic mass is 19.4. The van der Waals surface area contributed by atoms with E-state index in [1.165, 1.54) is 31.4 Å². The van der Waals surface area contributed by atoms with E-state index in [-0.39, 0.29) is 28.2 Å². The number of methoxy groups -OCH3 is 1. The van der Waals surface area contributed by atoms with Crippen LogP contribution in [0.1, 0.15) is 11.1 Å². The van der Waals surface area contributed by atoms with E-state index < -0.39 is 11.7 Å². The maximum Gasteiger partial charge on any atom is 0.416 e. The zero-order valence-corrected chi connectivity index (χ0v) is 10.9. The molecule has 21 heavy (non-hydrogen) atoms. The molecule has 2 rings (SSSR count). The average Bonchev–Trinajstić information content (AvgIpc) is 2.44. The summed E-state index contributed by atoms with van der Waals surface area (Å²) >= 11 is 0. The highest BCUT2D eigenvalue weighted by Crippen LogP contribution is 2.38. The van der Waals surface area contributed by atoms with Crippen molar-refractivity contribution >= 4 is 0 Å². The molecule has 0 aliphatic rings. The van der Waals surface area contributed by atoms with Gasteiger partial charge in [0, 0.05) is 5.56 Å². The van der Waals surface area contributed by atoms with Gasteiger partial charge in [0.15, 0.2) is 0 Å². The number of alkyl halides is 3. The maximum absolute atomic E-state index is 12.8. The lowest BCUT2D eigenvalue weighted by Crippen LogP contribution is -2.05. The topological polar surface area (TPSA) is 53.2 Å². The Morgan fingerprint density at radius 3 is 2.43 bits per heavy atom. The number of rotatable bonds is 2. The van der Waals surface area contributed by atoms with Gasteiger partial charge in [-0.2, -0.15) is 18.4 Å². The van der Waals surface area contributed by atoms with Crippen molar-refractivity contribution in [2.45, 2.75) is 6.18 Å². The predicted octanol–water partition coefficient (Wildman–Crippen LogP) is 3.96. The Bertz CT molecular complexity index is 718. The third kappa shape index (κ3) is 3.08. The summed E-state index contributed by atoms with van der Waals surface area (Å²) in [5, 5.41) is 18.4. The van der Waals surface area contributed by atoms with Gasteiger partial charge in [-0.05, 0) is 42.0 Å². The fraction of sp³-hybridized carbons (Fsp3) is 0.133. The van der Waals surface area contributed by atoms with Gasteiger partial charge >= 0.3 is 6.18 Å². The molecular formula is C15H10F3NO2. The number of phenolic OH excluding ortho intramolecular Hbond substituents is 1. The number of aromatic hydroxyl groups is 1. The number of hydrogen-bond acceptors (Lipinski definition) is 3. The molecule has 108 valence electrons. The van der Waals surface area contributed by atoms with Crippen LogP contribution in [0.3, 0.4) is 0 Å². The van der Waals surface area contributed by atoms with E-state index in [0.29, 0.717) is 0 Å². The fourth-order valence-corrected chi connectivity index (χ4v) is 1.94. The van der Waals surface area contributed by atoms with Gasteiger partial charge in [0.1, 0.15) is 11.5 Å². The van der Waals surface area contributed by atoms with Crippen molar-refractivity contribution in [1.29, 1.82) is 5.26 Å². The first-order chi connectivity index (χ1) is 9.85. The molecule has 3 nitrogen and oxygen atoms in total. The molecular weight excluding hydrogens is 283 g/mol. The Kier molecular flexibility index (Phi) is 3.76. The first-order valence-corrected chi connectivity index (χ1v) is 5.85. The van der Waals surface area contributed by atoms with Crippen molar-refractivity contribution in [3.05, 3.63) is 47.5 Å². The standard InChI is InChI=1S/C15H10F3NO2/c1-21-14-3-2-11(15(16,17)18)7-13(14)10-4-9(8-19)5-12(20)6-10/h2-7,20H,1H3. The van der Waals surface area contributed by atoms with Gasteiger partial charge in [0.2, 0.25) is 0 Å². The maximum atomic E-state index is 12.8. The van der Waals surface area contributed by atoms with Gasteiger partial charge in [0.25, 0.3) is 0 Å².